The molecular weight excluding hydrogens is 212 g/mol. The molecular formula is C14H18N2O. The fraction of sp³-hybridized carbons (Fsp3) is 0.500. The molecule has 17 heavy (non-hydrogen) atoms. The number of carbonyl (C=O) groups excluding carboxylic acids is 1. The SMILES string of the molecule is CN1C2CCCCC2C(=O)N1c1ccccc1. The van der Waals surface area contributed by atoms with Gasteiger partial charge in [-0.2, -0.15) is 0 Å². The third kappa shape index (κ3) is 1.65. The fourth-order valence-corrected chi connectivity index (χ4v) is 3.19. The zero-order chi connectivity index (χ0) is 11.8. The van der Waals surface area contributed by atoms with Crippen molar-refractivity contribution in [2.45, 2.75) is 31.7 Å². The first-order valence-electron chi connectivity index (χ1n) is 6.41. The van der Waals surface area contributed by atoms with Crippen LogP contribution in [0.5, 0.6) is 0 Å². The van der Waals surface area contributed by atoms with Gasteiger partial charge in [0.25, 0.3) is 0 Å². The Morgan fingerprint density at radius 3 is 2.53 bits per heavy atom. The van der Waals surface area contributed by atoms with Crippen molar-refractivity contribution in [3.05, 3.63) is 30.3 Å². The van der Waals surface area contributed by atoms with Crippen LogP contribution in [0.2, 0.25) is 0 Å². The van der Waals surface area contributed by atoms with E-state index < -0.39 is 0 Å². The highest BCUT2D eigenvalue weighted by Gasteiger charge is 2.45. The average molecular weight is 230 g/mol. The van der Waals surface area contributed by atoms with Gasteiger partial charge in [-0.25, -0.2) is 10.0 Å². The van der Waals surface area contributed by atoms with Gasteiger partial charge in [0.1, 0.15) is 0 Å². The summed E-state index contributed by atoms with van der Waals surface area (Å²) in [6, 6.07) is 10.4. The van der Waals surface area contributed by atoms with Crippen LogP contribution in [0.1, 0.15) is 25.7 Å². The summed E-state index contributed by atoms with van der Waals surface area (Å²) >= 11 is 0. The summed E-state index contributed by atoms with van der Waals surface area (Å²) in [5, 5.41) is 4.00. The molecule has 1 saturated heterocycles. The number of hydrogen-bond acceptors (Lipinski definition) is 2. The van der Waals surface area contributed by atoms with Crippen molar-refractivity contribution in [2.75, 3.05) is 12.1 Å². The molecule has 2 unspecified atom stereocenters. The van der Waals surface area contributed by atoms with E-state index in [1.165, 1.54) is 12.8 Å². The summed E-state index contributed by atoms with van der Waals surface area (Å²) in [7, 11) is 2.04. The molecule has 0 aromatic heterocycles. The number of hydrogen-bond donors (Lipinski definition) is 0. The van der Waals surface area contributed by atoms with Gasteiger partial charge in [0.2, 0.25) is 5.91 Å². The summed E-state index contributed by atoms with van der Waals surface area (Å²) in [6.45, 7) is 0. The van der Waals surface area contributed by atoms with E-state index in [2.05, 4.69) is 5.01 Å². The van der Waals surface area contributed by atoms with E-state index in [1.54, 1.807) is 0 Å². The van der Waals surface area contributed by atoms with Crippen molar-refractivity contribution >= 4 is 11.6 Å². The molecule has 0 bridgehead atoms. The van der Waals surface area contributed by atoms with Gasteiger partial charge < -0.3 is 0 Å². The van der Waals surface area contributed by atoms with E-state index in [0.717, 1.165) is 18.5 Å². The topological polar surface area (TPSA) is 23.6 Å². The van der Waals surface area contributed by atoms with Gasteiger partial charge in [-0.15, -0.1) is 0 Å². The van der Waals surface area contributed by atoms with E-state index in [0.29, 0.717) is 6.04 Å². The normalized spacial score (nSPS) is 29.5. The van der Waals surface area contributed by atoms with Crippen LogP contribution in [-0.4, -0.2) is 24.0 Å². The van der Waals surface area contributed by atoms with Crippen molar-refractivity contribution in [2.24, 2.45) is 5.92 Å². The molecule has 3 nitrogen and oxygen atoms in total. The Morgan fingerprint density at radius 1 is 1.12 bits per heavy atom. The minimum atomic E-state index is 0.217. The Hall–Kier alpha value is -1.35. The number of benzene rings is 1. The van der Waals surface area contributed by atoms with Gasteiger partial charge in [0, 0.05) is 13.1 Å². The first-order valence-corrected chi connectivity index (χ1v) is 6.41. The molecule has 2 atom stereocenters. The van der Waals surface area contributed by atoms with Crippen LogP contribution in [0.4, 0.5) is 5.69 Å². The maximum Gasteiger partial charge on any atom is 0.246 e. The number of fused-ring (bicyclic) bond motifs is 1. The number of para-hydroxylation sites is 1. The number of rotatable bonds is 1. The molecule has 3 heteroatoms. The number of nitrogens with zero attached hydrogens (tertiary/aromatic N) is 2. The van der Waals surface area contributed by atoms with E-state index in [9.17, 15) is 4.79 Å². The van der Waals surface area contributed by atoms with Crippen LogP contribution in [0.3, 0.4) is 0 Å². The minimum Gasteiger partial charge on any atom is -0.273 e. The van der Waals surface area contributed by atoms with Crippen molar-refractivity contribution in [1.82, 2.24) is 5.01 Å². The second kappa shape index (κ2) is 4.15. The predicted molar refractivity (Wildman–Crippen MR) is 67.4 cm³/mol. The van der Waals surface area contributed by atoms with Crippen LogP contribution >= 0.6 is 0 Å². The molecule has 1 heterocycles. The van der Waals surface area contributed by atoms with Crippen molar-refractivity contribution in [3.63, 3.8) is 0 Å². The molecule has 1 amide bonds. The molecule has 0 radical (unpaired) electrons. The smallest absolute Gasteiger partial charge is 0.246 e. The molecule has 1 aromatic carbocycles. The molecule has 0 spiro atoms. The number of amides is 1. The van der Waals surface area contributed by atoms with Gasteiger partial charge in [-0.05, 0) is 25.0 Å². The predicted octanol–water partition coefficient (Wildman–Crippen LogP) is 2.44. The van der Waals surface area contributed by atoms with Crippen LogP contribution in [0.15, 0.2) is 30.3 Å². The summed E-state index contributed by atoms with van der Waals surface area (Å²) in [4.78, 5) is 12.4. The molecule has 1 aliphatic carbocycles. The molecule has 1 aliphatic heterocycles. The Balaban J connectivity index is 1.93. The lowest BCUT2D eigenvalue weighted by molar-refractivity contribution is -0.121. The van der Waals surface area contributed by atoms with Gasteiger partial charge in [-0.3, -0.25) is 4.79 Å². The van der Waals surface area contributed by atoms with E-state index in [-0.39, 0.29) is 11.8 Å². The highest BCUT2D eigenvalue weighted by molar-refractivity contribution is 5.96. The second-order valence-corrected chi connectivity index (χ2v) is 5.02. The zero-order valence-electron chi connectivity index (χ0n) is 10.2. The van der Waals surface area contributed by atoms with Crippen molar-refractivity contribution < 1.29 is 4.79 Å². The highest BCUT2D eigenvalue weighted by atomic mass is 16.2. The van der Waals surface area contributed by atoms with Crippen molar-refractivity contribution in [1.29, 1.82) is 0 Å². The molecule has 0 N–H and O–H groups in total. The molecule has 1 aromatic rings. The van der Waals surface area contributed by atoms with Crippen molar-refractivity contribution in [3.8, 4) is 0 Å². The highest BCUT2D eigenvalue weighted by Crippen LogP contribution is 2.37. The van der Waals surface area contributed by atoms with E-state index in [4.69, 9.17) is 0 Å². The Morgan fingerprint density at radius 2 is 1.82 bits per heavy atom. The Bertz CT molecular complexity index is 417. The Kier molecular flexibility index (Phi) is 2.63. The lowest BCUT2D eigenvalue weighted by Crippen LogP contribution is -2.39. The van der Waals surface area contributed by atoms with Gasteiger partial charge >= 0.3 is 0 Å². The van der Waals surface area contributed by atoms with E-state index in [1.807, 2.05) is 42.4 Å². The lowest BCUT2D eigenvalue weighted by atomic mass is 9.85. The molecule has 1 saturated carbocycles. The fourth-order valence-electron chi connectivity index (χ4n) is 3.19. The molecule has 90 valence electrons. The molecule has 2 fully saturated rings. The van der Waals surface area contributed by atoms with Crippen LogP contribution < -0.4 is 5.01 Å². The number of carbonyl (C=O) groups is 1. The molecule has 2 aliphatic rings. The standard InChI is InChI=1S/C14H18N2O/c1-15-13-10-6-5-9-12(13)14(17)16(15)11-7-3-2-4-8-11/h2-4,7-8,12-13H,5-6,9-10H2,1H3. The zero-order valence-corrected chi connectivity index (χ0v) is 10.2. The van der Waals surface area contributed by atoms with Crippen LogP contribution in [-0.2, 0) is 4.79 Å². The Labute approximate surface area is 102 Å². The van der Waals surface area contributed by atoms with E-state index >= 15 is 0 Å². The summed E-state index contributed by atoms with van der Waals surface area (Å²) < 4.78 is 0. The third-order valence-corrected chi connectivity index (χ3v) is 4.05. The average Bonchev–Trinajstić information content (AvgIpc) is 2.64. The monoisotopic (exact) mass is 230 g/mol. The van der Waals surface area contributed by atoms with Crippen LogP contribution in [0.25, 0.3) is 0 Å². The van der Waals surface area contributed by atoms with Gasteiger partial charge in [0.05, 0.1) is 11.6 Å². The summed E-state index contributed by atoms with van der Waals surface area (Å²) in [5.74, 6) is 0.498. The lowest BCUT2D eigenvalue weighted by Gasteiger charge is -2.30. The van der Waals surface area contributed by atoms with Gasteiger partial charge in [0.15, 0.2) is 0 Å². The minimum absolute atomic E-state index is 0.217. The number of hydrazine groups is 1. The molecule has 3 rings (SSSR count). The maximum absolute atomic E-state index is 12.4. The third-order valence-electron chi connectivity index (χ3n) is 4.05. The first-order chi connectivity index (χ1) is 8.29. The summed E-state index contributed by atoms with van der Waals surface area (Å²) in [5.41, 5.74) is 0.995. The quantitative estimate of drug-likeness (QED) is 0.739. The largest absolute Gasteiger partial charge is 0.273 e. The maximum atomic E-state index is 12.4. The first kappa shape index (κ1) is 10.8. The van der Waals surface area contributed by atoms with Crippen LogP contribution in [0, 0.1) is 5.92 Å². The second-order valence-electron chi connectivity index (χ2n) is 5.02. The van der Waals surface area contributed by atoms with Gasteiger partial charge in [-0.1, -0.05) is 31.0 Å². The summed E-state index contributed by atoms with van der Waals surface area (Å²) in [6.07, 6.45) is 4.65. The number of anilines is 1.